The maximum absolute atomic E-state index is 12.2. The number of benzene rings is 1. The van der Waals surface area contributed by atoms with Crippen molar-refractivity contribution in [2.45, 2.75) is 39.2 Å². The van der Waals surface area contributed by atoms with Crippen LogP contribution in [0.1, 0.15) is 38.7 Å². The Morgan fingerprint density at radius 1 is 1.36 bits per heavy atom. The number of ether oxygens (including phenoxy) is 1. The van der Waals surface area contributed by atoms with E-state index < -0.39 is 6.04 Å². The Hall–Kier alpha value is -1.88. The molecule has 1 atom stereocenters. The maximum atomic E-state index is 12.2. The van der Waals surface area contributed by atoms with Gasteiger partial charge < -0.3 is 10.1 Å². The van der Waals surface area contributed by atoms with Crippen LogP contribution in [0.15, 0.2) is 24.3 Å². The van der Waals surface area contributed by atoms with Gasteiger partial charge in [0.15, 0.2) is 0 Å². The first-order valence-electron chi connectivity index (χ1n) is 7.81. The normalized spacial score (nSPS) is 19.1. The summed E-state index contributed by atoms with van der Waals surface area (Å²) in [6.45, 7) is 8.05. The molecule has 1 fully saturated rings. The molecule has 1 aliphatic heterocycles. The Bertz CT molecular complexity index is 525. The molecule has 5 nitrogen and oxygen atoms in total. The standard InChI is InChI=1S/C17H24N2O3/c1-4-19-9-10-22-17(21)15(19)11-16(20)18-14-7-5-13(6-8-14)12(2)3/h5-8,12,15H,4,9-11H2,1-3H3,(H,18,20)/t15-/m1/s1. The molecule has 0 aromatic heterocycles. The molecule has 0 radical (unpaired) electrons. The zero-order valence-corrected chi connectivity index (χ0v) is 13.5. The highest BCUT2D eigenvalue weighted by atomic mass is 16.5. The van der Waals surface area contributed by atoms with Crippen molar-refractivity contribution >= 4 is 17.6 Å². The van der Waals surface area contributed by atoms with Gasteiger partial charge in [-0.25, -0.2) is 0 Å². The molecule has 1 N–H and O–H groups in total. The SMILES string of the molecule is CCN1CCOC(=O)[C@H]1CC(=O)Nc1ccc(C(C)C)cc1. The van der Waals surface area contributed by atoms with Crippen molar-refractivity contribution in [3.63, 3.8) is 0 Å². The van der Waals surface area contributed by atoms with Gasteiger partial charge >= 0.3 is 5.97 Å². The Balaban J connectivity index is 1.95. The molecule has 22 heavy (non-hydrogen) atoms. The summed E-state index contributed by atoms with van der Waals surface area (Å²) in [6, 6.07) is 7.32. The van der Waals surface area contributed by atoms with E-state index in [1.54, 1.807) is 0 Å². The third-order valence-electron chi connectivity index (χ3n) is 3.98. The summed E-state index contributed by atoms with van der Waals surface area (Å²) >= 11 is 0. The van der Waals surface area contributed by atoms with E-state index in [0.717, 1.165) is 12.2 Å². The van der Waals surface area contributed by atoms with Gasteiger partial charge in [0.1, 0.15) is 12.6 Å². The zero-order chi connectivity index (χ0) is 16.1. The van der Waals surface area contributed by atoms with Crippen LogP contribution in [0.25, 0.3) is 0 Å². The molecule has 1 aromatic rings. The van der Waals surface area contributed by atoms with Crippen LogP contribution in [-0.4, -0.2) is 42.5 Å². The second-order valence-electron chi connectivity index (χ2n) is 5.84. The van der Waals surface area contributed by atoms with Crippen LogP contribution in [0.2, 0.25) is 0 Å². The van der Waals surface area contributed by atoms with Gasteiger partial charge in [-0.15, -0.1) is 0 Å². The summed E-state index contributed by atoms with van der Waals surface area (Å²) in [5.74, 6) is -0.0159. The first-order chi connectivity index (χ1) is 10.5. The van der Waals surface area contributed by atoms with Gasteiger partial charge in [-0.2, -0.15) is 0 Å². The van der Waals surface area contributed by atoms with Gasteiger partial charge in [-0.05, 0) is 30.2 Å². The Labute approximate surface area is 131 Å². The fourth-order valence-corrected chi connectivity index (χ4v) is 2.59. The minimum atomic E-state index is -0.478. The highest BCUT2D eigenvalue weighted by molar-refractivity contribution is 5.94. The van der Waals surface area contributed by atoms with Crippen LogP contribution in [-0.2, 0) is 14.3 Å². The molecule has 120 valence electrons. The van der Waals surface area contributed by atoms with Crippen molar-refractivity contribution < 1.29 is 14.3 Å². The summed E-state index contributed by atoms with van der Waals surface area (Å²) in [5, 5.41) is 2.85. The van der Waals surface area contributed by atoms with E-state index >= 15 is 0 Å². The quantitative estimate of drug-likeness (QED) is 0.849. The molecule has 1 aromatic carbocycles. The van der Waals surface area contributed by atoms with Crippen LogP contribution < -0.4 is 5.32 Å². The second kappa shape index (κ2) is 7.40. The molecule has 2 rings (SSSR count). The third-order valence-corrected chi connectivity index (χ3v) is 3.98. The van der Waals surface area contributed by atoms with E-state index in [2.05, 4.69) is 19.2 Å². The van der Waals surface area contributed by atoms with Gasteiger partial charge in [-0.3, -0.25) is 14.5 Å². The zero-order valence-electron chi connectivity index (χ0n) is 13.5. The first-order valence-corrected chi connectivity index (χ1v) is 7.81. The van der Waals surface area contributed by atoms with E-state index in [-0.39, 0.29) is 18.3 Å². The lowest BCUT2D eigenvalue weighted by Crippen LogP contribution is -2.50. The van der Waals surface area contributed by atoms with Crippen molar-refractivity contribution in [1.29, 1.82) is 0 Å². The van der Waals surface area contributed by atoms with Crippen molar-refractivity contribution in [2.75, 3.05) is 25.0 Å². The summed E-state index contributed by atoms with van der Waals surface area (Å²) in [7, 11) is 0. The molecule has 1 aliphatic rings. The predicted octanol–water partition coefficient (Wildman–Crippen LogP) is 2.39. The number of carbonyl (C=O) groups excluding carboxylic acids is 2. The number of esters is 1. The van der Waals surface area contributed by atoms with Gasteiger partial charge in [0, 0.05) is 12.2 Å². The number of nitrogens with zero attached hydrogens (tertiary/aromatic N) is 1. The third kappa shape index (κ3) is 4.07. The van der Waals surface area contributed by atoms with E-state index in [9.17, 15) is 9.59 Å². The second-order valence-corrected chi connectivity index (χ2v) is 5.84. The van der Waals surface area contributed by atoms with Crippen LogP contribution in [0, 0.1) is 0 Å². The highest BCUT2D eigenvalue weighted by Crippen LogP contribution is 2.18. The first kappa shape index (κ1) is 16.5. The molecule has 0 aliphatic carbocycles. The average Bonchev–Trinajstić information content (AvgIpc) is 2.49. The number of hydrogen-bond donors (Lipinski definition) is 1. The molecule has 0 bridgehead atoms. The molecule has 1 heterocycles. The monoisotopic (exact) mass is 304 g/mol. The minimum Gasteiger partial charge on any atom is -0.463 e. The van der Waals surface area contributed by atoms with Crippen LogP contribution >= 0.6 is 0 Å². The van der Waals surface area contributed by atoms with Crippen molar-refractivity contribution in [2.24, 2.45) is 0 Å². The number of likely N-dealkylation sites (N-methyl/N-ethyl adjacent to an activating group) is 1. The molecule has 1 amide bonds. The van der Waals surface area contributed by atoms with Gasteiger partial charge in [0.05, 0.1) is 6.42 Å². The molecule has 0 saturated carbocycles. The number of hydrogen-bond acceptors (Lipinski definition) is 4. The number of anilines is 1. The lowest BCUT2D eigenvalue weighted by Gasteiger charge is -2.32. The van der Waals surface area contributed by atoms with E-state index in [4.69, 9.17) is 4.74 Å². The van der Waals surface area contributed by atoms with E-state index in [1.165, 1.54) is 5.56 Å². The Kier molecular flexibility index (Phi) is 5.55. The summed E-state index contributed by atoms with van der Waals surface area (Å²) in [4.78, 5) is 26.0. The number of nitrogens with one attached hydrogen (secondary N) is 1. The van der Waals surface area contributed by atoms with Crippen LogP contribution in [0.5, 0.6) is 0 Å². The molecular weight excluding hydrogens is 280 g/mol. The van der Waals surface area contributed by atoms with Gasteiger partial charge in [0.25, 0.3) is 0 Å². The van der Waals surface area contributed by atoms with Crippen molar-refractivity contribution in [3.8, 4) is 0 Å². The Morgan fingerprint density at radius 2 is 2.05 bits per heavy atom. The topological polar surface area (TPSA) is 58.6 Å². The number of morpholine rings is 1. The van der Waals surface area contributed by atoms with Crippen molar-refractivity contribution in [3.05, 3.63) is 29.8 Å². The number of cyclic esters (lactones) is 1. The average molecular weight is 304 g/mol. The Morgan fingerprint density at radius 3 is 2.64 bits per heavy atom. The van der Waals surface area contributed by atoms with Crippen molar-refractivity contribution in [1.82, 2.24) is 4.90 Å². The molecule has 1 saturated heterocycles. The molecular formula is C17H24N2O3. The van der Waals surface area contributed by atoms with Crippen LogP contribution in [0.3, 0.4) is 0 Å². The molecule has 0 unspecified atom stereocenters. The van der Waals surface area contributed by atoms with Crippen LogP contribution in [0.4, 0.5) is 5.69 Å². The highest BCUT2D eigenvalue weighted by Gasteiger charge is 2.32. The predicted molar refractivity (Wildman–Crippen MR) is 85.8 cm³/mol. The summed E-state index contributed by atoms with van der Waals surface area (Å²) in [5.41, 5.74) is 1.98. The fourth-order valence-electron chi connectivity index (χ4n) is 2.59. The maximum Gasteiger partial charge on any atom is 0.323 e. The van der Waals surface area contributed by atoms with Gasteiger partial charge in [0.2, 0.25) is 5.91 Å². The fraction of sp³-hybridized carbons (Fsp3) is 0.529. The number of rotatable bonds is 5. The smallest absolute Gasteiger partial charge is 0.323 e. The number of amides is 1. The van der Waals surface area contributed by atoms with E-state index in [1.807, 2.05) is 36.1 Å². The largest absolute Gasteiger partial charge is 0.463 e. The lowest BCUT2D eigenvalue weighted by molar-refractivity contribution is -0.158. The summed E-state index contributed by atoms with van der Waals surface area (Å²) < 4.78 is 5.06. The van der Waals surface area contributed by atoms with Gasteiger partial charge in [-0.1, -0.05) is 32.9 Å². The lowest BCUT2D eigenvalue weighted by atomic mass is 10.0. The number of carbonyl (C=O) groups is 2. The summed E-state index contributed by atoms with van der Waals surface area (Å²) in [6.07, 6.45) is 0.124. The van der Waals surface area contributed by atoms with E-state index in [0.29, 0.717) is 19.1 Å². The molecule has 5 heteroatoms. The minimum absolute atomic E-state index is 0.124. The molecule has 0 spiro atoms.